The number of amides is 2. The van der Waals surface area contributed by atoms with E-state index in [-0.39, 0.29) is 48.3 Å². The van der Waals surface area contributed by atoms with E-state index in [9.17, 15) is 22.8 Å². The molecule has 3 heterocycles. The third-order valence-electron chi connectivity index (χ3n) is 6.79. The molecule has 0 unspecified atom stereocenters. The summed E-state index contributed by atoms with van der Waals surface area (Å²) < 4.78 is 43.3. The SMILES string of the molecule is N[C@@H]1CN(c2nc3cc(F)c(F)cc3n2CC(=O)N2CCN(C(=O)C3CC3)CC2)CC[C@H]1F. The first-order valence-electron chi connectivity index (χ1n) is 11.4. The van der Waals surface area contributed by atoms with Crippen molar-refractivity contribution in [3.05, 3.63) is 23.8 Å². The van der Waals surface area contributed by atoms with Gasteiger partial charge in [0.25, 0.3) is 0 Å². The molecule has 1 aromatic heterocycles. The number of carbonyl (C=O) groups is 2. The van der Waals surface area contributed by atoms with Gasteiger partial charge in [-0.25, -0.2) is 18.2 Å². The van der Waals surface area contributed by atoms with Crippen LogP contribution in [0.15, 0.2) is 12.1 Å². The maximum Gasteiger partial charge on any atom is 0.242 e. The van der Waals surface area contributed by atoms with Crippen molar-refractivity contribution in [3.8, 4) is 0 Å². The lowest BCUT2D eigenvalue weighted by atomic mass is 10.1. The van der Waals surface area contributed by atoms with Crippen LogP contribution in [0.2, 0.25) is 0 Å². The van der Waals surface area contributed by atoms with Crippen molar-refractivity contribution in [2.75, 3.05) is 44.2 Å². The highest BCUT2D eigenvalue weighted by molar-refractivity contribution is 5.84. The summed E-state index contributed by atoms with van der Waals surface area (Å²) in [4.78, 5) is 35.1. The van der Waals surface area contributed by atoms with Crippen LogP contribution in [-0.2, 0) is 16.1 Å². The van der Waals surface area contributed by atoms with Crippen LogP contribution in [0.1, 0.15) is 19.3 Å². The van der Waals surface area contributed by atoms with Crippen LogP contribution < -0.4 is 10.6 Å². The Morgan fingerprint density at radius 3 is 2.33 bits per heavy atom. The number of hydrogen-bond acceptors (Lipinski definition) is 5. The second kappa shape index (κ2) is 8.51. The van der Waals surface area contributed by atoms with E-state index in [1.165, 1.54) is 0 Å². The van der Waals surface area contributed by atoms with Crippen molar-refractivity contribution < 1.29 is 22.8 Å². The quantitative estimate of drug-likeness (QED) is 0.737. The van der Waals surface area contributed by atoms with Gasteiger partial charge >= 0.3 is 0 Å². The molecule has 1 saturated carbocycles. The zero-order chi connectivity index (χ0) is 23.3. The molecular weight excluding hydrogens is 437 g/mol. The largest absolute Gasteiger partial charge is 0.340 e. The van der Waals surface area contributed by atoms with E-state index in [1.807, 2.05) is 0 Å². The number of imidazole rings is 1. The Morgan fingerprint density at radius 1 is 1.00 bits per heavy atom. The number of carbonyl (C=O) groups excluding carboxylic acids is 2. The molecule has 2 aromatic rings. The Morgan fingerprint density at radius 2 is 1.67 bits per heavy atom. The normalized spacial score (nSPS) is 23.9. The predicted molar refractivity (Wildman–Crippen MR) is 115 cm³/mol. The summed E-state index contributed by atoms with van der Waals surface area (Å²) in [7, 11) is 0. The molecule has 1 aromatic carbocycles. The van der Waals surface area contributed by atoms with Crippen molar-refractivity contribution in [3.63, 3.8) is 0 Å². The molecule has 8 nitrogen and oxygen atoms in total. The minimum absolute atomic E-state index is 0.127. The minimum Gasteiger partial charge on any atom is -0.340 e. The van der Waals surface area contributed by atoms with Gasteiger partial charge in [-0.2, -0.15) is 0 Å². The number of piperazine rings is 1. The van der Waals surface area contributed by atoms with Crippen LogP contribution in [0.4, 0.5) is 19.1 Å². The molecule has 0 spiro atoms. The van der Waals surface area contributed by atoms with E-state index in [4.69, 9.17) is 5.73 Å². The Kier molecular flexibility index (Phi) is 5.67. The average molecular weight is 464 g/mol. The van der Waals surface area contributed by atoms with Crippen LogP contribution in [0.25, 0.3) is 11.0 Å². The van der Waals surface area contributed by atoms with Gasteiger partial charge < -0.3 is 25.0 Å². The molecule has 0 radical (unpaired) electrons. The highest BCUT2D eigenvalue weighted by Crippen LogP contribution is 2.31. The molecule has 33 heavy (non-hydrogen) atoms. The second-order valence-electron chi connectivity index (χ2n) is 9.15. The smallest absolute Gasteiger partial charge is 0.242 e. The van der Waals surface area contributed by atoms with Crippen molar-refractivity contribution >= 4 is 28.8 Å². The molecule has 11 heteroatoms. The zero-order valence-electron chi connectivity index (χ0n) is 18.2. The van der Waals surface area contributed by atoms with Crippen LogP contribution in [0.3, 0.4) is 0 Å². The van der Waals surface area contributed by atoms with Gasteiger partial charge in [-0.05, 0) is 19.3 Å². The second-order valence-corrected chi connectivity index (χ2v) is 9.15. The van der Waals surface area contributed by atoms with Gasteiger partial charge in [-0.3, -0.25) is 9.59 Å². The number of rotatable bonds is 4. The lowest BCUT2D eigenvalue weighted by molar-refractivity contribution is -0.140. The topological polar surface area (TPSA) is 87.7 Å². The fraction of sp³-hybridized carbons (Fsp3) is 0.591. The highest BCUT2D eigenvalue weighted by atomic mass is 19.2. The van der Waals surface area contributed by atoms with E-state index in [2.05, 4.69) is 4.98 Å². The average Bonchev–Trinajstić information content (AvgIpc) is 3.60. The predicted octanol–water partition coefficient (Wildman–Crippen LogP) is 1.27. The Hall–Kier alpha value is -2.82. The van der Waals surface area contributed by atoms with Gasteiger partial charge in [-0.15, -0.1) is 0 Å². The molecular formula is C22H27F3N6O2. The third kappa shape index (κ3) is 4.25. The molecule has 2 saturated heterocycles. The molecule has 2 atom stereocenters. The number of piperidine rings is 1. The maximum absolute atomic E-state index is 14.0. The van der Waals surface area contributed by atoms with E-state index >= 15 is 0 Å². The van der Waals surface area contributed by atoms with Crippen LogP contribution in [-0.4, -0.2) is 82.6 Å². The molecule has 2 aliphatic heterocycles. The van der Waals surface area contributed by atoms with Gasteiger partial charge in [0, 0.05) is 57.3 Å². The summed E-state index contributed by atoms with van der Waals surface area (Å²) in [6.45, 7) is 2.19. The van der Waals surface area contributed by atoms with Crippen molar-refractivity contribution in [1.29, 1.82) is 0 Å². The minimum atomic E-state index is -1.13. The van der Waals surface area contributed by atoms with Crippen LogP contribution >= 0.6 is 0 Å². The Bertz CT molecular complexity index is 1080. The van der Waals surface area contributed by atoms with Gasteiger partial charge in [0.05, 0.1) is 17.1 Å². The Balaban J connectivity index is 1.37. The van der Waals surface area contributed by atoms with E-state index in [1.54, 1.807) is 19.3 Å². The number of halogens is 3. The summed E-state index contributed by atoms with van der Waals surface area (Å²) in [6.07, 6.45) is 0.951. The zero-order valence-corrected chi connectivity index (χ0v) is 18.2. The third-order valence-corrected chi connectivity index (χ3v) is 6.79. The van der Waals surface area contributed by atoms with Crippen molar-refractivity contribution in [1.82, 2.24) is 19.4 Å². The Labute approximate surface area is 189 Å². The summed E-state index contributed by atoms with van der Waals surface area (Å²) >= 11 is 0. The van der Waals surface area contributed by atoms with Crippen molar-refractivity contribution in [2.45, 2.75) is 38.0 Å². The monoisotopic (exact) mass is 464 g/mol. The standard InChI is InChI=1S/C22H27F3N6O2/c23-14-3-4-30(11-17(14)26)22-27-18-9-15(24)16(25)10-19(18)31(22)12-20(32)28-5-7-29(8-6-28)21(33)13-1-2-13/h9-10,13-14,17H,1-8,11-12,26H2/t14-,17-/m1/s1. The molecule has 3 fully saturated rings. The van der Waals surface area contributed by atoms with Crippen LogP contribution in [0, 0.1) is 17.6 Å². The number of nitrogens with zero attached hydrogens (tertiary/aromatic N) is 5. The first-order valence-corrected chi connectivity index (χ1v) is 11.4. The van der Waals surface area contributed by atoms with Gasteiger partial charge in [0.15, 0.2) is 11.6 Å². The molecule has 3 aliphatic rings. The van der Waals surface area contributed by atoms with Gasteiger partial charge in [0.2, 0.25) is 17.8 Å². The molecule has 0 bridgehead atoms. The summed E-state index contributed by atoms with van der Waals surface area (Å²) in [5, 5.41) is 0. The fourth-order valence-electron chi connectivity index (χ4n) is 4.64. The molecule has 1 aliphatic carbocycles. The van der Waals surface area contributed by atoms with Gasteiger partial charge in [-0.1, -0.05) is 0 Å². The maximum atomic E-state index is 14.0. The van der Waals surface area contributed by atoms with Crippen LogP contribution in [0.5, 0.6) is 0 Å². The highest BCUT2D eigenvalue weighted by Gasteiger charge is 2.35. The van der Waals surface area contributed by atoms with E-state index in [0.29, 0.717) is 38.7 Å². The van der Waals surface area contributed by atoms with Gasteiger partial charge in [0.1, 0.15) is 12.7 Å². The number of alkyl halides is 1. The molecule has 2 N–H and O–H groups in total. The van der Waals surface area contributed by atoms with Crippen molar-refractivity contribution in [2.24, 2.45) is 11.7 Å². The fourth-order valence-corrected chi connectivity index (χ4v) is 4.64. The summed E-state index contributed by atoms with van der Waals surface area (Å²) in [6, 6.07) is 1.31. The number of hydrogen-bond donors (Lipinski definition) is 1. The number of benzene rings is 1. The molecule has 2 amide bonds. The number of aromatic nitrogens is 2. The number of anilines is 1. The molecule has 178 valence electrons. The number of fused-ring (bicyclic) bond motifs is 1. The first-order chi connectivity index (χ1) is 15.8. The first kappa shape index (κ1) is 22.0. The number of nitrogens with two attached hydrogens (primary N) is 1. The molecule has 5 rings (SSSR count). The summed E-state index contributed by atoms with van der Waals surface area (Å²) in [5.74, 6) is -1.62. The summed E-state index contributed by atoms with van der Waals surface area (Å²) in [5.41, 5.74) is 6.40. The van der Waals surface area contributed by atoms with E-state index in [0.717, 1.165) is 25.0 Å². The van der Waals surface area contributed by atoms with E-state index < -0.39 is 23.8 Å². The lowest BCUT2D eigenvalue weighted by Crippen LogP contribution is -2.52. The lowest BCUT2D eigenvalue weighted by Gasteiger charge is -2.36.